The Morgan fingerprint density at radius 1 is 1.15 bits per heavy atom. The molecule has 0 aliphatic carbocycles. The number of carbonyl (C=O) groups is 1. The molecule has 138 valence electrons. The maximum Gasteiger partial charge on any atom is 0.251 e. The summed E-state index contributed by atoms with van der Waals surface area (Å²) in [7, 11) is -3.44. The summed E-state index contributed by atoms with van der Waals surface area (Å²) in [6, 6.07) is 13.6. The van der Waals surface area contributed by atoms with Gasteiger partial charge in [-0.3, -0.25) is 4.79 Å². The fourth-order valence-corrected chi connectivity index (χ4v) is 4.85. The molecule has 5 nitrogen and oxygen atoms in total. The molecule has 0 saturated heterocycles. The molecule has 2 aromatic carbocycles. The van der Waals surface area contributed by atoms with Crippen LogP contribution >= 0.6 is 0 Å². The minimum absolute atomic E-state index is 0.105. The molecule has 1 aliphatic heterocycles. The third-order valence-electron chi connectivity index (χ3n) is 4.69. The molecule has 1 amide bonds. The molecule has 1 aliphatic rings. The van der Waals surface area contributed by atoms with Crippen molar-refractivity contribution in [3.8, 4) is 0 Å². The van der Waals surface area contributed by atoms with Crippen molar-refractivity contribution in [3.63, 3.8) is 0 Å². The van der Waals surface area contributed by atoms with Gasteiger partial charge in [0.25, 0.3) is 5.91 Å². The highest BCUT2D eigenvalue weighted by molar-refractivity contribution is 7.91. The van der Waals surface area contributed by atoms with Crippen LogP contribution in [-0.2, 0) is 16.3 Å². The Balaban J connectivity index is 1.76. The normalized spacial score (nSPS) is 14.8. The second-order valence-electron chi connectivity index (χ2n) is 6.54. The molecule has 0 radical (unpaired) electrons. The molecule has 1 heterocycles. The predicted molar refractivity (Wildman–Crippen MR) is 103 cm³/mol. The molecule has 26 heavy (non-hydrogen) atoms. The molecular formula is C20H24N2O3S. The fourth-order valence-electron chi connectivity index (χ4n) is 3.24. The number of carbonyl (C=O) groups excluding carboxylic acids is 1. The predicted octanol–water partition coefficient (Wildman–Crippen LogP) is 3.03. The van der Waals surface area contributed by atoms with E-state index in [1.165, 1.54) is 0 Å². The van der Waals surface area contributed by atoms with Crippen molar-refractivity contribution < 1.29 is 13.2 Å². The van der Waals surface area contributed by atoms with Crippen LogP contribution in [0.15, 0.2) is 53.4 Å². The third-order valence-corrected chi connectivity index (χ3v) is 6.52. The smallest absolute Gasteiger partial charge is 0.251 e. The van der Waals surface area contributed by atoms with Crippen molar-refractivity contribution in [3.05, 3.63) is 59.7 Å². The van der Waals surface area contributed by atoms with E-state index in [-0.39, 0.29) is 16.6 Å². The van der Waals surface area contributed by atoms with Crippen molar-refractivity contribution in [2.75, 3.05) is 17.6 Å². The quantitative estimate of drug-likeness (QED) is 0.817. The van der Waals surface area contributed by atoms with Crippen LogP contribution in [0.1, 0.15) is 35.7 Å². The van der Waals surface area contributed by atoms with E-state index in [1.807, 2.05) is 19.1 Å². The second kappa shape index (κ2) is 7.91. The molecule has 0 aromatic heterocycles. The SMILES string of the molecule is CCC(CS(=O)(=O)c1ccccc1)NC(=O)c1cccc2c1CCCN2. The molecule has 3 rings (SSSR count). The minimum atomic E-state index is -3.44. The van der Waals surface area contributed by atoms with Gasteiger partial charge in [-0.1, -0.05) is 31.2 Å². The number of benzene rings is 2. The molecule has 1 atom stereocenters. The van der Waals surface area contributed by atoms with Crippen LogP contribution in [0.3, 0.4) is 0 Å². The number of hydrogen-bond acceptors (Lipinski definition) is 4. The number of rotatable bonds is 6. The first-order valence-electron chi connectivity index (χ1n) is 8.95. The van der Waals surface area contributed by atoms with Crippen LogP contribution in [0.2, 0.25) is 0 Å². The summed E-state index contributed by atoms with van der Waals surface area (Å²) < 4.78 is 25.2. The molecule has 0 spiro atoms. The van der Waals surface area contributed by atoms with Crippen LogP contribution in [0, 0.1) is 0 Å². The van der Waals surface area contributed by atoms with Gasteiger partial charge < -0.3 is 10.6 Å². The van der Waals surface area contributed by atoms with E-state index in [0.717, 1.165) is 30.6 Å². The number of hydrogen-bond donors (Lipinski definition) is 2. The van der Waals surface area contributed by atoms with E-state index >= 15 is 0 Å². The van der Waals surface area contributed by atoms with Crippen LogP contribution in [0.4, 0.5) is 5.69 Å². The summed E-state index contributed by atoms with van der Waals surface area (Å²) in [6.45, 7) is 2.79. The Labute approximate surface area is 154 Å². The summed E-state index contributed by atoms with van der Waals surface area (Å²) in [4.78, 5) is 13.1. The van der Waals surface area contributed by atoms with Gasteiger partial charge in [0.1, 0.15) is 0 Å². The zero-order valence-corrected chi connectivity index (χ0v) is 15.7. The van der Waals surface area contributed by atoms with Crippen LogP contribution < -0.4 is 10.6 Å². The van der Waals surface area contributed by atoms with E-state index in [4.69, 9.17) is 0 Å². The third kappa shape index (κ3) is 4.07. The lowest BCUT2D eigenvalue weighted by atomic mass is 9.97. The van der Waals surface area contributed by atoms with Gasteiger partial charge in [-0.05, 0) is 49.1 Å². The molecular weight excluding hydrogens is 348 g/mol. The van der Waals surface area contributed by atoms with Crippen molar-refractivity contribution in [2.45, 2.75) is 37.1 Å². The number of anilines is 1. The Bertz CT molecular complexity index is 879. The Hall–Kier alpha value is -2.34. The largest absolute Gasteiger partial charge is 0.385 e. The minimum Gasteiger partial charge on any atom is -0.385 e. The lowest BCUT2D eigenvalue weighted by molar-refractivity contribution is 0.0939. The van der Waals surface area contributed by atoms with E-state index in [0.29, 0.717) is 12.0 Å². The van der Waals surface area contributed by atoms with E-state index in [1.54, 1.807) is 36.4 Å². The Kier molecular flexibility index (Phi) is 5.61. The molecule has 0 fully saturated rings. The highest BCUT2D eigenvalue weighted by atomic mass is 32.2. The Morgan fingerprint density at radius 2 is 1.92 bits per heavy atom. The van der Waals surface area contributed by atoms with Gasteiger partial charge in [0.15, 0.2) is 9.84 Å². The summed E-state index contributed by atoms with van der Waals surface area (Å²) in [5.41, 5.74) is 2.64. The van der Waals surface area contributed by atoms with Crippen LogP contribution in [0.25, 0.3) is 0 Å². The van der Waals surface area contributed by atoms with Gasteiger partial charge in [0.05, 0.1) is 10.6 Å². The maximum absolute atomic E-state index is 12.8. The zero-order chi connectivity index (χ0) is 18.6. The molecule has 2 aromatic rings. The van der Waals surface area contributed by atoms with E-state index in [2.05, 4.69) is 10.6 Å². The first-order chi connectivity index (χ1) is 12.5. The number of fused-ring (bicyclic) bond motifs is 1. The average Bonchev–Trinajstić information content (AvgIpc) is 2.67. The molecule has 6 heteroatoms. The zero-order valence-electron chi connectivity index (χ0n) is 14.9. The summed E-state index contributed by atoms with van der Waals surface area (Å²) in [5, 5.41) is 6.22. The van der Waals surface area contributed by atoms with Crippen molar-refractivity contribution >= 4 is 21.4 Å². The van der Waals surface area contributed by atoms with Crippen LogP contribution in [-0.4, -0.2) is 32.7 Å². The number of nitrogens with one attached hydrogen (secondary N) is 2. The van der Waals surface area contributed by atoms with Gasteiger partial charge in [-0.25, -0.2) is 8.42 Å². The fraction of sp³-hybridized carbons (Fsp3) is 0.350. The first-order valence-corrected chi connectivity index (χ1v) is 10.6. The average molecular weight is 372 g/mol. The molecule has 2 N–H and O–H groups in total. The van der Waals surface area contributed by atoms with Crippen molar-refractivity contribution in [1.82, 2.24) is 5.32 Å². The van der Waals surface area contributed by atoms with Gasteiger partial charge in [0.2, 0.25) is 0 Å². The van der Waals surface area contributed by atoms with Gasteiger partial charge in [0, 0.05) is 23.8 Å². The topological polar surface area (TPSA) is 75.3 Å². The number of sulfone groups is 1. The summed E-state index contributed by atoms with van der Waals surface area (Å²) in [6.07, 6.45) is 2.38. The monoisotopic (exact) mass is 372 g/mol. The number of amides is 1. The van der Waals surface area contributed by atoms with E-state index < -0.39 is 15.9 Å². The van der Waals surface area contributed by atoms with Crippen molar-refractivity contribution in [2.24, 2.45) is 0 Å². The van der Waals surface area contributed by atoms with E-state index in [9.17, 15) is 13.2 Å². The molecule has 0 saturated carbocycles. The van der Waals surface area contributed by atoms with Crippen LogP contribution in [0.5, 0.6) is 0 Å². The van der Waals surface area contributed by atoms with Gasteiger partial charge in [-0.2, -0.15) is 0 Å². The standard InChI is InChI=1S/C20H24N2O3S/c1-2-15(14-26(24,25)16-8-4-3-5-9-16)22-20(23)18-10-6-12-19-17(18)11-7-13-21-19/h3-6,8-10,12,15,21H,2,7,11,13-14H2,1H3,(H,22,23). The molecule has 0 bridgehead atoms. The lowest BCUT2D eigenvalue weighted by Crippen LogP contribution is -2.40. The van der Waals surface area contributed by atoms with Crippen molar-refractivity contribution in [1.29, 1.82) is 0 Å². The summed E-state index contributed by atoms with van der Waals surface area (Å²) in [5.74, 6) is -0.312. The highest BCUT2D eigenvalue weighted by Crippen LogP contribution is 2.25. The molecule has 1 unspecified atom stereocenters. The van der Waals surface area contributed by atoms with Gasteiger partial charge >= 0.3 is 0 Å². The second-order valence-corrected chi connectivity index (χ2v) is 8.57. The maximum atomic E-state index is 12.8. The highest BCUT2D eigenvalue weighted by Gasteiger charge is 2.24. The summed E-state index contributed by atoms with van der Waals surface area (Å²) >= 11 is 0. The lowest BCUT2D eigenvalue weighted by Gasteiger charge is -2.22. The van der Waals surface area contributed by atoms with Gasteiger partial charge in [-0.15, -0.1) is 0 Å². The Morgan fingerprint density at radius 3 is 2.65 bits per heavy atom. The first kappa shape index (κ1) is 18.5.